The molecule has 0 aliphatic carbocycles. The summed E-state index contributed by atoms with van der Waals surface area (Å²) in [6.45, 7) is 12.4. The van der Waals surface area contributed by atoms with Crippen LogP contribution in [0.3, 0.4) is 0 Å². The Morgan fingerprint density at radius 1 is 1.00 bits per heavy atom. The number of hydrogen-bond donors (Lipinski definition) is 1. The van der Waals surface area contributed by atoms with Crippen molar-refractivity contribution in [2.75, 3.05) is 39.9 Å². The molecule has 0 saturated heterocycles. The molecular formula is C21H37ClN2O2. The maximum Gasteiger partial charge on any atom is 0.179 e. The molecule has 0 aliphatic rings. The molecule has 0 unspecified atom stereocenters. The van der Waals surface area contributed by atoms with E-state index in [1.165, 1.54) is 45.3 Å². The highest BCUT2D eigenvalue weighted by Crippen LogP contribution is 2.36. The van der Waals surface area contributed by atoms with Crippen molar-refractivity contribution in [3.8, 4) is 11.5 Å². The highest BCUT2D eigenvalue weighted by atomic mass is 35.5. The van der Waals surface area contributed by atoms with Gasteiger partial charge in [-0.25, -0.2) is 0 Å². The Balaban J connectivity index is 2.41. The van der Waals surface area contributed by atoms with E-state index in [2.05, 4.69) is 24.1 Å². The molecule has 0 bridgehead atoms. The standard InChI is InChI=1S/C21H37ClN2O2/c1-5-8-12-24(13-9-6-2)14-10-11-23-17-18-15-19(22)21(26-7-3)20(16-18)25-4/h15-16,23H,5-14,17H2,1-4H3. The minimum atomic E-state index is 0.570. The quantitative estimate of drug-likeness (QED) is 0.425. The molecule has 0 spiro atoms. The van der Waals surface area contributed by atoms with Crippen LogP contribution in [0.25, 0.3) is 0 Å². The molecule has 1 aromatic carbocycles. The summed E-state index contributed by atoms with van der Waals surface area (Å²) < 4.78 is 11.0. The second-order valence-electron chi connectivity index (χ2n) is 6.62. The average molecular weight is 385 g/mol. The molecule has 0 amide bonds. The van der Waals surface area contributed by atoms with Crippen LogP contribution in [0.2, 0.25) is 5.02 Å². The van der Waals surface area contributed by atoms with Crippen LogP contribution in [0.4, 0.5) is 0 Å². The number of nitrogens with zero attached hydrogens (tertiary/aromatic N) is 1. The number of halogens is 1. The van der Waals surface area contributed by atoms with Crippen molar-refractivity contribution >= 4 is 11.6 Å². The van der Waals surface area contributed by atoms with Crippen LogP contribution in [-0.4, -0.2) is 44.8 Å². The molecule has 0 atom stereocenters. The maximum atomic E-state index is 6.33. The average Bonchev–Trinajstić information content (AvgIpc) is 2.64. The fourth-order valence-corrected chi connectivity index (χ4v) is 3.21. The van der Waals surface area contributed by atoms with Crippen LogP contribution < -0.4 is 14.8 Å². The Hall–Kier alpha value is -0.970. The number of hydrogen-bond acceptors (Lipinski definition) is 4. The number of methoxy groups -OCH3 is 1. The predicted molar refractivity (Wildman–Crippen MR) is 112 cm³/mol. The number of unbranched alkanes of at least 4 members (excludes halogenated alkanes) is 2. The van der Waals surface area contributed by atoms with Crippen molar-refractivity contribution in [2.45, 2.75) is 59.4 Å². The minimum absolute atomic E-state index is 0.570. The van der Waals surface area contributed by atoms with Gasteiger partial charge in [0.25, 0.3) is 0 Å². The zero-order valence-corrected chi connectivity index (χ0v) is 17.8. The van der Waals surface area contributed by atoms with E-state index in [0.29, 0.717) is 23.1 Å². The molecule has 150 valence electrons. The van der Waals surface area contributed by atoms with E-state index in [-0.39, 0.29) is 0 Å². The SMILES string of the molecule is CCCCN(CCCC)CCCNCc1cc(Cl)c(OCC)c(OC)c1. The third-order valence-corrected chi connectivity index (χ3v) is 4.67. The zero-order valence-electron chi connectivity index (χ0n) is 17.1. The van der Waals surface area contributed by atoms with Crippen molar-refractivity contribution in [1.82, 2.24) is 10.2 Å². The lowest BCUT2D eigenvalue weighted by Crippen LogP contribution is -2.29. The smallest absolute Gasteiger partial charge is 0.179 e. The van der Waals surface area contributed by atoms with Crippen molar-refractivity contribution in [2.24, 2.45) is 0 Å². The van der Waals surface area contributed by atoms with E-state index >= 15 is 0 Å². The van der Waals surface area contributed by atoms with Crippen LogP contribution >= 0.6 is 11.6 Å². The molecule has 0 aliphatic heterocycles. The molecular weight excluding hydrogens is 348 g/mol. The summed E-state index contributed by atoms with van der Waals surface area (Å²) in [4.78, 5) is 2.60. The third-order valence-electron chi connectivity index (χ3n) is 4.39. The maximum absolute atomic E-state index is 6.33. The lowest BCUT2D eigenvalue weighted by atomic mass is 10.2. The number of nitrogens with one attached hydrogen (secondary N) is 1. The van der Waals surface area contributed by atoms with Gasteiger partial charge in [0.1, 0.15) is 0 Å². The first-order valence-electron chi connectivity index (χ1n) is 10.1. The molecule has 1 N–H and O–H groups in total. The molecule has 1 rings (SSSR count). The first-order chi connectivity index (χ1) is 12.7. The summed E-state index contributed by atoms with van der Waals surface area (Å²) >= 11 is 6.33. The van der Waals surface area contributed by atoms with Gasteiger partial charge in [0, 0.05) is 6.54 Å². The Bertz CT molecular complexity index is 489. The van der Waals surface area contributed by atoms with Crippen molar-refractivity contribution in [3.63, 3.8) is 0 Å². The molecule has 5 heteroatoms. The third kappa shape index (κ3) is 8.61. The van der Waals surface area contributed by atoms with Gasteiger partial charge in [0.15, 0.2) is 11.5 Å². The Labute approximate surface area is 165 Å². The monoisotopic (exact) mass is 384 g/mol. The summed E-state index contributed by atoms with van der Waals surface area (Å²) in [7, 11) is 1.65. The van der Waals surface area contributed by atoms with E-state index in [4.69, 9.17) is 21.1 Å². The van der Waals surface area contributed by atoms with Crippen molar-refractivity contribution < 1.29 is 9.47 Å². The molecule has 4 nitrogen and oxygen atoms in total. The Kier molecular flexibility index (Phi) is 12.5. The van der Waals surface area contributed by atoms with Gasteiger partial charge in [-0.15, -0.1) is 0 Å². The van der Waals surface area contributed by atoms with Gasteiger partial charge in [0.05, 0.1) is 18.7 Å². The molecule has 1 aromatic rings. The lowest BCUT2D eigenvalue weighted by molar-refractivity contribution is 0.261. The second-order valence-corrected chi connectivity index (χ2v) is 7.03. The van der Waals surface area contributed by atoms with E-state index in [1.807, 2.05) is 19.1 Å². The van der Waals surface area contributed by atoms with Gasteiger partial charge >= 0.3 is 0 Å². The highest BCUT2D eigenvalue weighted by molar-refractivity contribution is 6.32. The number of ether oxygens (including phenoxy) is 2. The lowest BCUT2D eigenvalue weighted by Gasteiger charge is -2.22. The highest BCUT2D eigenvalue weighted by Gasteiger charge is 2.11. The summed E-state index contributed by atoms with van der Waals surface area (Å²) in [6, 6.07) is 3.95. The van der Waals surface area contributed by atoms with E-state index in [0.717, 1.165) is 25.1 Å². The Morgan fingerprint density at radius 3 is 2.23 bits per heavy atom. The van der Waals surface area contributed by atoms with Gasteiger partial charge < -0.3 is 19.7 Å². The van der Waals surface area contributed by atoms with Crippen molar-refractivity contribution in [3.05, 3.63) is 22.7 Å². The largest absolute Gasteiger partial charge is 0.493 e. The van der Waals surface area contributed by atoms with E-state index < -0.39 is 0 Å². The summed E-state index contributed by atoms with van der Waals surface area (Å²) in [5, 5.41) is 4.12. The van der Waals surface area contributed by atoms with Crippen LogP contribution in [0.15, 0.2) is 12.1 Å². The molecule has 0 aromatic heterocycles. The summed E-state index contributed by atoms with van der Waals surface area (Å²) in [5.41, 5.74) is 1.11. The minimum Gasteiger partial charge on any atom is -0.493 e. The van der Waals surface area contributed by atoms with Crippen LogP contribution in [0.5, 0.6) is 11.5 Å². The van der Waals surface area contributed by atoms with Gasteiger partial charge in [-0.3, -0.25) is 0 Å². The van der Waals surface area contributed by atoms with E-state index in [1.54, 1.807) is 7.11 Å². The molecule has 26 heavy (non-hydrogen) atoms. The fourth-order valence-electron chi connectivity index (χ4n) is 2.92. The first kappa shape index (κ1) is 23.1. The van der Waals surface area contributed by atoms with Crippen LogP contribution in [0, 0.1) is 0 Å². The topological polar surface area (TPSA) is 33.7 Å². The molecule has 0 saturated carbocycles. The molecule has 0 fully saturated rings. The summed E-state index contributed by atoms with van der Waals surface area (Å²) in [5.74, 6) is 1.32. The Morgan fingerprint density at radius 2 is 1.65 bits per heavy atom. The van der Waals surface area contributed by atoms with Crippen molar-refractivity contribution in [1.29, 1.82) is 0 Å². The molecule has 0 radical (unpaired) electrons. The van der Waals surface area contributed by atoms with E-state index in [9.17, 15) is 0 Å². The number of rotatable bonds is 15. The van der Waals surface area contributed by atoms with Gasteiger partial charge in [-0.05, 0) is 70.1 Å². The van der Waals surface area contributed by atoms with Crippen LogP contribution in [-0.2, 0) is 6.54 Å². The second kappa shape index (κ2) is 14.1. The van der Waals surface area contributed by atoms with Crippen LogP contribution in [0.1, 0.15) is 58.4 Å². The molecule has 0 heterocycles. The zero-order chi connectivity index (χ0) is 19.2. The predicted octanol–water partition coefficient (Wildman–Crippen LogP) is 5.13. The van der Waals surface area contributed by atoms with Gasteiger partial charge in [-0.1, -0.05) is 38.3 Å². The number of benzene rings is 1. The van der Waals surface area contributed by atoms with Gasteiger partial charge in [0.2, 0.25) is 0 Å². The first-order valence-corrected chi connectivity index (χ1v) is 10.5. The fraction of sp³-hybridized carbons (Fsp3) is 0.714. The summed E-state index contributed by atoms with van der Waals surface area (Å²) in [6.07, 6.45) is 6.28. The van der Waals surface area contributed by atoms with Gasteiger partial charge in [-0.2, -0.15) is 0 Å². The normalized spacial score (nSPS) is 11.2.